The minimum Gasteiger partial charge on any atom is -0.258 e. The fourth-order valence-electron chi connectivity index (χ4n) is 1.96. The smallest absolute Gasteiger partial charge is 0.258 e. The van der Waals surface area contributed by atoms with Gasteiger partial charge in [-0.25, -0.2) is 4.98 Å². The van der Waals surface area contributed by atoms with E-state index in [1.807, 2.05) is 20.8 Å². The van der Waals surface area contributed by atoms with Crippen molar-refractivity contribution in [1.29, 1.82) is 0 Å². The Bertz CT molecular complexity index is 419. The lowest BCUT2D eigenvalue weighted by molar-refractivity contribution is -0.385. The summed E-state index contributed by atoms with van der Waals surface area (Å²) in [5.41, 5.74) is 2.54. The van der Waals surface area contributed by atoms with Gasteiger partial charge in [0.2, 0.25) is 5.15 Å². The summed E-state index contributed by atoms with van der Waals surface area (Å²) in [5, 5.41) is 11.0. The SMILES string of the molecule is CCc1nc(Cl)c([N+](=O)[O-])c(CC)c1CC. The van der Waals surface area contributed by atoms with Gasteiger partial charge < -0.3 is 0 Å². The highest BCUT2D eigenvalue weighted by molar-refractivity contribution is 6.31. The monoisotopic (exact) mass is 242 g/mol. The van der Waals surface area contributed by atoms with E-state index in [9.17, 15) is 10.1 Å². The molecular formula is C11H15ClN2O2. The topological polar surface area (TPSA) is 56.0 Å². The summed E-state index contributed by atoms with van der Waals surface area (Å²) in [5.74, 6) is 0. The molecule has 1 aromatic rings. The molecule has 4 nitrogen and oxygen atoms in total. The van der Waals surface area contributed by atoms with E-state index < -0.39 is 4.92 Å². The highest BCUT2D eigenvalue weighted by atomic mass is 35.5. The zero-order chi connectivity index (χ0) is 12.3. The number of hydrogen-bond donors (Lipinski definition) is 0. The van der Waals surface area contributed by atoms with Gasteiger partial charge in [0.15, 0.2) is 0 Å². The predicted octanol–water partition coefficient (Wildman–Crippen LogP) is 3.33. The maximum atomic E-state index is 11.0. The lowest BCUT2D eigenvalue weighted by Crippen LogP contribution is -2.06. The molecule has 0 amide bonds. The van der Waals surface area contributed by atoms with E-state index in [-0.39, 0.29) is 10.8 Å². The van der Waals surface area contributed by atoms with Crippen LogP contribution in [0.4, 0.5) is 5.69 Å². The van der Waals surface area contributed by atoms with Gasteiger partial charge in [-0.05, 0) is 24.8 Å². The van der Waals surface area contributed by atoms with Crippen molar-refractivity contribution in [2.24, 2.45) is 0 Å². The molecule has 0 spiro atoms. The zero-order valence-corrected chi connectivity index (χ0v) is 10.5. The summed E-state index contributed by atoms with van der Waals surface area (Å²) >= 11 is 5.86. The fraction of sp³-hybridized carbons (Fsp3) is 0.545. The quantitative estimate of drug-likeness (QED) is 0.462. The van der Waals surface area contributed by atoms with Crippen LogP contribution in [0.2, 0.25) is 5.15 Å². The Hall–Kier alpha value is -1.16. The average molecular weight is 243 g/mol. The number of halogens is 1. The van der Waals surface area contributed by atoms with Crippen molar-refractivity contribution < 1.29 is 4.92 Å². The molecular weight excluding hydrogens is 228 g/mol. The molecule has 0 saturated heterocycles. The Labute approximate surface area is 99.8 Å². The summed E-state index contributed by atoms with van der Waals surface area (Å²) < 4.78 is 0. The van der Waals surface area contributed by atoms with Gasteiger partial charge in [-0.2, -0.15) is 0 Å². The molecule has 0 aliphatic rings. The van der Waals surface area contributed by atoms with Crippen LogP contribution in [-0.2, 0) is 19.3 Å². The second-order valence-electron chi connectivity index (χ2n) is 3.47. The first kappa shape index (κ1) is 12.9. The first-order valence-electron chi connectivity index (χ1n) is 5.41. The van der Waals surface area contributed by atoms with E-state index in [0.29, 0.717) is 6.42 Å². The summed E-state index contributed by atoms with van der Waals surface area (Å²) in [6.45, 7) is 5.85. The van der Waals surface area contributed by atoms with E-state index in [1.165, 1.54) is 0 Å². The highest BCUT2D eigenvalue weighted by Gasteiger charge is 2.24. The number of pyridine rings is 1. The minimum absolute atomic E-state index is 0.0101. The van der Waals surface area contributed by atoms with E-state index in [1.54, 1.807) is 0 Å². The van der Waals surface area contributed by atoms with Gasteiger partial charge in [0.1, 0.15) is 0 Å². The molecule has 1 rings (SSSR count). The molecule has 0 radical (unpaired) electrons. The molecule has 1 heterocycles. The van der Waals surface area contributed by atoms with Crippen molar-refractivity contribution in [3.05, 3.63) is 32.1 Å². The molecule has 0 aliphatic heterocycles. The van der Waals surface area contributed by atoms with Gasteiger partial charge in [-0.15, -0.1) is 0 Å². The highest BCUT2D eigenvalue weighted by Crippen LogP contribution is 2.32. The largest absolute Gasteiger partial charge is 0.309 e. The van der Waals surface area contributed by atoms with Crippen molar-refractivity contribution in [3.8, 4) is 0 Å². The van der Waals surface area contributed by atoms with Crippen molar-refractivity contribution in [2.45, 2.75) is 40.0 Å². The Morgan fingerprint density at radius 3 is 2.12 bits per heavy atom. The van der Waals surface area contributed by atoms with Crippen molar-refractivity contribution in [1.82, 2.24) is 4.98 Å². The maximum absolute atomic E-state index is 11.0. The van der Waals surface area contributed by atoms with E-state index in [0.717, 1.165) is 29.7 Å². The van der Waals surface area contributed by atoms with Crippen LogP contribution in [0.15, 0.2) is 0 Å². The van der Waals surface area contributed by atoms with Gasteiger partial charge in [0, 0.05) is 11.3 Å². The summed E-state index contributed by atoms with van der Waals surface area (Å²) in [6, 6.07) is 0. The molecule has 0 aliphatic carbocycles. The van der Waals surface area contributed by atoms with Crippen molar-refractivity contribution in [3.63, 3.8) is 0 Å². The van der Waals surface area contributed by atoms with Gasteiger partial charge in [0.25, 0.3) is 0 Å². The molecule has 88 valence electrons. The lowest BCUT2D eigenvalue weighted by atomic mass is 9.99. The van der Waals surface area contributed by atoms with Crippen LogP contribution in [0, 0.1) is 10.1 Å². The third-order valence-corrected chi connectivity index (χ3v) is 2.92. The van der Waals surface area contributed by atoms with E-state index in [2.05, 4.69) is 4.98 Å². The average Bonchev–Trinajstić information content (AvgIpc) is 2.26. The Morgan fingerprint density at radius 2 is 1.75 bits per heavy atom. The van der Waals surface area contributed by atoms with Crippen LogP contribution in [0.5, 0.6) is 0 Å². The van der Waals surface area contributed by atoms with Crippen LogP contribution < -0.4 is 0 Å². The van der Waals surface area contributed by atoms with Crippen LogP contribution in [0.3, 0.4) is 0 Å². The summed E-state index contributed by atoms with van der Waals surface area (Å²) in [4.78, 5) is 14.6. The van der Waals surface area contributed by atoms with Gasteiger partial charge in [-0.1, -0.05) is 32.4 Å². The molecule has 0 saturated carbocycles. The number of rotatable bonds is 4. The van der Waals surface area contributed by atoms with E-state index in [4.69, 9.17) is 11.6 Å². The van der Waals surface area contributed by atoms with Crippen molar-refractivity contribution >= 4 is 17.3 Å². The normalized spacial score (nSPS) is 10.5. The number of aromatic nitrogens is 1. The van der Waals surface area contributed by atoms with Gasteiger partial charge in [0.05, 0.1) is 4.92 Å². The van der Waals surface area contributed by atoms with Gasteiger partial charge >= 0.3 is 5.69 Å². The van der Waals surface area contributed by atoms with Crippen LogP contribution in [0.1, 0.15) is 37.6 Å². The number of hydrogen-bond acceptors (Lipinski definition) is 3. The van der Waals surface area contributed by atoms with Crippen LogP contribution in [-0.4, -0.2) is 9.91 Å². The molecule has 0 N–H and O–H groups in total. The first-order chi connectivity index (χ1) is 7.56. The molecule has 5 heteroatoms. The first-order valence-corrected chi connectivity index (χ1v) is 5.78. The third-order valence-electron chi connectivity index (χ3n) is 2.65. The fourth-order valence-corrected chi connectivity index (χ4v) is 2.24. The summed E-state index contributed by atoms with van der Waals surface area (Å²) in [6.07, 6.45) is 2.10. The van der Waals surface area contributed by atoms with Crippen LogP contribution in [0.25, 0.3) is 0 Å². The standard InChI is InChI=1S/C11H15ClN2O2/c1-4-7-8(5-2)10(14(15)16)11(12)13-9(7)6-3/h4-6H2,1-3H3. The molecule has 0 aromatic carbocycles. The van der Waals surface area contributed by atoms with E-state index >= 15 is 0 Å². The molecule has 0 fully saturated rings. The number of aryl methyl sites for hydroxylation is 1. The summed E-state index contributed by atoms with van der Waals surface area (Å²) in [7, 11) is 0. The maximum Gasteiger partial charge on any atom is 0.309 e. The zero-order valence-electron chi connectivity index (χ0n) is 9.71. The molecule has 0 bridgehead atoms. The van der Waals surface area contributed by atoms with Crippen molar-refractivity contribution in [2.75, 3.05) is 0 Å². The second kappa shape index (κ2) is 5.25. The lowest BCUT2D eigenvalue weighted by Gasteiger charge is -2.11. The molecule has 16 heavy (non-hydrogen) atoms. The third kappa shape index (κ3) is 2.16. The number of nitrogens with zero attached hydrogens (tertiary/aromatic N) is 2. The second-order valence-corrected chi connectivity index (χ2v) is 3.83. The molecule has 0 unspecified atom stereocenters. The Kier molecular flexibility index (Phi) is 4.24. The predicted molar refractivity (Wildman–Crippen MR) is 64.0 cm³/mol. The Morgan fingerprint density at radius 1 is 1.19 bits per heavy atom. The minimum atomic E-state index is -0.438. The Balaban J connectivity index is 3.57. The molecule has 0 atom stereocenters. The molecule has 1 aromatic heterocycles. The number of nitro groups is 1. The van der Waals surface area contributed by atoms with Crippen LogP contribution >= 0.6 is 11.6 Å². The van der Waals surface area contributed by atoms with Gasteiger partial charge in [-0.3, -0.25) is 10.1 Å².